The summed E-state index contributed by atoms with van der Waals surface area (Å²) in [5.74, 6) is -0.193. The average Bonchev–Trinajstić information content (AvgIpc) is 3.32. The molecule has 0 aliphatic carbocycles. The predicted octanol–water partition coefficient (Wildman–Crippen LogP) is 3.82. The molecule has 0 radical (unpaired) electrons. The van der Waals surface area contributed by atoms with E-state index in [1.54, 1.807) is 24.3 Å². The van der Waals surface area contributed by atoms with Crippen LogP contribution in [0, 0.1) is 0 Å². The Labute approximate surface area is 219 Å². The van der Waals surface area contributed by atoms with Crippen LogP contribution in [0.15, 0.2) is 93.6 Å². The van der Waals surface area contributed by atoms with Gasteiger partial charge in [-0.2, -0.15) is 9.67 Å². The lowest BCUT2D eigenvalue weighted by Crippen LogP contribution is -2.34. The van der Waals surface area contributed by atoms with Crippen molar-refractivity contribution in [3.63, 3.8) is 0 Å². The fourth-order valence-electron chi connectivity index (χ4n) is 3.21. The van der Waals surface area contributed by atoms with Gasteiger partial charge in [-0.1, -0.05) is 46.3 Å². The molecule has 0 aliphatic heterocycles. The zero-order valence-electron chi connectivity index (χ0n) is 18.8. The number of hydrogen-bond donors (Lipinski definition) is 3. The summed E-state index contributed by atoms with van der Waals surface area (Å²) in [4.78, 5) is 23.2. The molecule has 0 bridgehead atoms. The number of nitrogens with one attached hydrogen (secondary N) is 2. The van der Waals surface area contributed by atoms with Crippen molar-refractivity contribution >= 4 is 45.8 Å². The van der Waals surface area contributed by atoms with Gasteiger partial charge in [0.2, 0.25) is 0 Å². The van der Waals surface area contributed by atoms with Crippen molar-refractivity contribution in [1.29, 1.82) is 0 Å². The lowest BCUT2D eigenvalue weighted by molar-refractivity contribution is -0.625. The highest BCUT2D eigenvalue weighted by atomic mass is 79.9. The van der Waals surface area contributed by atoms with Gasteiger partial charge in [-0.25, -0.2) is 10.2 Å². The van der Waals surface area contributed by atoms with Crippen LogP contribution >= 0.6 is 27.7 Å². The quantitative estimate of drug-likeness (QED) is 0.116. The van der Waals surface area contributed by atoms with Gasteiger partial charge in [-0.3, -0.25) is 4.79 Å². The standard InChI is InChI=1S/C25H20BrN5O4S/c26-19-12-10-17(11-13-19)24-29-30-25(31(24)20-7-2-1-3-8-20)36-16-22(32)28-27-14-18-6-4-5-9-21(18)35-15-23(33)34/h1-14H,15-16H2,(H2,28,32,33,34)/p+1. The van der Waals surface area contributed by atoms with Gasteiger partial charge < -0.3 is 9.84 Å². The molecule has 0 spiro atoms. The lowest BCUT2D eigenvalue weighted by atomic mass is 10.2. The number of carboxylic acids is 1. The molecule has 1 heterocycles. The van der Waals surface area contributed by atoms with E-state index in [1.807, 2.05) is 59.2 Å². The van der Waals surface area contributed by atoms with E-state index in [9.17, 15) is 9.59 Å². The van der Waals surface area contributed by atoms with Crippen LogP contribution in [0.1, 0.15) is 5.56 Å². The van der Waals surface area contributed by atoms with Gasteiger partial charge in [0, 0.05) is 10.0 Å². The van der Waals surface area contributed by atoms with Gasteiger partial charge >= 0.3 is 11.1 Å². The summed E-state index contributed by atoms with van der Waals surface area (Å²) in [6.45, 7) is -0.471. The summed E-state index contributed by atoms with van der Waals surface area (Å²) < 4.78 is 8.17. The largest absolute Gasteiger partial charge is 0.481 e. The Balaban J connectivity index is 1.45. The van der Waals surface area contributed by atoms with Crippen LogP contribution in [0.4, 0.5) is 0 Å². The highest BCUT2D eigenvalue weighted by Crippen LogP contribution is 2.22. The number of thioether (sulfide) groups is 1. The number of benzene rings is 3. The van der Waals surface area contributed by atoms with Crippen LogP contribution in [0.2, 0.25) is 0 Å². The number of hydrazone groups is 1. The number of H-pyrrole nitrogens is 1. The van der Waals surface area contributed by atoms with Gasteiger partial charge in [-0.15, -0.1) is 5.10 Å². The monoisotopic (exact) mass is 566 g/mol. The number of aromatic amines is 1. The molecule has 1 aromatic heterocycles. The number of halogens is 1. The lowest BCUT2D eigenvalue weighted by Gasteiger charge is -2.06. The van der Waals surface area contributed by atoms with Crippen LogP contribution in [-0.4, -0.2) is 45.8 Å². The summed E-state index contributed by atoms with van der Waals surface area (Å²) in [6.07, 6.45) is 1.41. The van der Waals surface area contributed by atoms with Crippen molar-refractivity contribution in [2.24, 2.45) is 5.10 Å². The molecule has 0 saturated carbocycles. The Hall–Kier alpha value is -3.96. The number of hydrogen-bond acceptors (Lipinski definition) is 6. The molecule has 0 aliphatic rings. The van der Waals surface area contributed by atoms with Crippen molar-refractivity contribution in [1.82, 2.24) is 15.6 Å². The Kier molecular flexibility index (Phi) is 8.48. The smallest absolute Gasteiger partial charge is 0.342 e. The SMILES string of the molecule is O=C(O)COc1ccccc1C=NNC(=O)CSc1n[nH]c(-c2ccc(Br)cc2)[n+]1-c1ccccc1. The summed E-state index contributed by atoms with van der Waals surface area (Å²) in [7, 11) is 0. The topological polar surface area (TPSA) is 121 Å². The number of carbonyl (C=O) groups excluding carboxylic acids is 1. The van der Waals surface area contributed by atoms with Gasteiger partial charge in [0.25, 0.3) is 11.7 Å². The van der Waals surface area contributed by atoms with Gasteiger partial charge in [0.05, 0.1) is 22.6 Å². The van der Waals surface area contributed by atoms with Gasteiger partial charge in [0.15, 0.2) is 6.61 Å². The molecule has 182 valence electrons. The molecule has 0 saturated heterocycles. The van der Waals surface area contributed by atoms with Crippen LogP contribution in [0.25, 0.3) is 17.1 Å². The minimum atomic E-state index is -1.08. The van der Waals surface area contributed by atoms with E-state index in [0.717, 1.165) is 21.5 Å². The molecule has 11 heteroatoms. The molecule has 4 rings (SSSR count). The van der Waals surface area contributed by atoms with Crippen LogP contribution < -0.4 is 14.7 Å². The van der Waals surface area contributed by atoms with Gasteiger partial charge in [0.1, 0.15) is 11.4 Å². The first-order valence-corrected chi connectivity index (χ1v) is 12.5. The number of ether oxygens (including phenoxy) is 1. The van der Waals surface area contributed by atoms with Crippen molar-refractivity contribution < 1.29 is 24.0 Å². The Morgan fingerprint density at radius 1 is 1.08 bits per heavy atom. The van der Waals surface area contributed by atoms with Crippen molar-refractivity contribution in [3.05, 3.63) is 88.9 Å². The van der Waals surface area contributed by atoms with E-state index >= 15 is 0 Å². The molecule has 3 N–H and O–H groups in total. The number of aromatic nitrogens is 3. The maximum Gasteiger partial charge on any atom is 0.342 e. The molecule has 36 heavy (non-hydrogen) atoms. The number of carbonyl (C=O) groups is 2. The zero-order valence-corrected chi connectivity index (χ0v) is 21.2. The second-order valence-corrected chi connectivity index (χ2v) is 9.19. The first-order chi connectivity index (χ1) is 17.5. The average molecular weight is 567 g/mol. The van der Waals surface area contributed by atoms with E-state index in [1.165, 1.54) is 18.0 Å². The highest BCUT2D eigenvalue weighted by molar-refractivity contribution is 9.10. The highest BCUT2D eigenvalue weighted by Gasteiger charge is 2.24. The number of rotatable bonds is 10. The summed E-state index contributed by atoms with van der Waals surface area (Å²) in [5.41, 5.74) is 4.87. The zero-order chi connectivity index (χ0) is 25.3. The number of nitrogens with zero attached hydrogens (tertiary/aromatic N) is 3. The van der Waals surface area contributed by atoms with E-state index in [4.69, 9.17) is 9.84 Å². The van der Waals surface area contributed by atoms with E-state index < -0.39 is 12.6 Å². The third-order valence-corrected chi connectivity index (χ3v) is 6.27. The van der Waals surface area contributed by atoms with E-state index in [0.29, 0.717) is 16.5 Å². The summed E-state index contributed by atoms with van der Waals surface area (Å²) >= 11 is 4.72. The molecule has 0 atom stereocenters. The molecular weight excluding hydrogens is 546 g/mol. The van der Waals surface area contributed by atoms with Crippen molar-refractivity contribution in [2.75, 3.05) is 12.4 Å². The second kappa shape index (κ2) is 12.1. The molecule has 3 aromatic carbocycles. The van der Waals surface area contributed by atoms with E-state index in [2.05, 4.69) is 36.7 Å². The Bertz CT molecular complexity index is 1380. The van der Waals surface area contributed by atoms with Crippen molar-refractivity contribution in [2.45, 2.75) is 5.16 Å². The first-order valence-electron chi connectivity index (χ1n) is 10.7. The maximum absolute atomic E-state index is 12.5. The predicted molar refractivity (Wildman–Crippen MR) is 139 cm³/mol. The van der Waals surface area contributed by atoms with Crippen LogP contribution in [0.3, 0.4) is 0 Å². The first kappa shape index (κ1) is 25.1. The van der Waals surface area contributed by atoms with Crippen LogP contribution in [0.5, 0.6) is 5.75 Å². The summed E-state index contributed by atoms with van der Waals surface area (Å²) in [5, 5.41) is 20.9. The van der Waals surface area contributed by atoms with Gasteiger partial charge in [-0.05, 0) is 60.3 Å². The number of amides is 1. The number of para-hydroxylation sites is 2. The fourth-order valence-corrected chi connectivity index (χ4v) is 4.23. The molecular formula is C25H21BrN5O4S+. The normalized spacial score (nSPS) is 10.9. The van der Waals surface area contributed by atoms with E-state index in [-0.39, 0.29) is 11.7 Å². The van der Waals surface area contributed by atoms with Crippen LogP contribution in [-0.2, 0) is 9.59 Å². The molecule has 0 fully saturated rings. The van der Waals surface area contributed by atoms with Crippen molar-refractivity contribution in [3.8, 4) is 22.8 Å². The fraction of sp³-hybridized carbons (Fsp3) is 0.0800. The third-order valence-electron chi connectivity index (χ3n) is 4.80. The molecule has 9 nitrogen and oxygen atoms in total. The Morgan fingerprint density at radius 3 is 2.56 bits per heavy atom. The number of aliphatic carboxylic acids is 1. The molecule has 0 unspecified atom stereocenters. The molecule has 4 aromatic rings. The Morgan fingerprint density at radius 2 is 1.81 bits per heavy atom. The third kappa shape index (κ3) is 6.58. The minimum absolute atomic E-state index is 0.0754. The second-order valence-electron chi connectivity index (χ2n) is 7.33. The summed E-state index contributed by atoms with van der Waals surface area (Å²) in [6, 6.07) is 24.4. The maximum atomic E-state index is 12.5. The number of carboxylic acid groups (broad SMARTS) is 1. The molecule has 1 amide bonds. The minimum Gasteiger partial charge on any atom is -0.481 e.